The predicted octanol–water partition coefficient (Wildman–Crippen LogP) is 3.43. The van der Waals surface area contributed by atoms with Crippen LogP contribution in [-0.2, 0) is 6.54 Å². The Balaban J connectivity index is 2.20. The van der Waals surface area contributed by atoms with Crippen molar-refractivity contribution in [2.45, 2.75) is 19.9 Å². The normalized spacial score (nSPS) is 11.1. The first-order chi connectivity index (χ1) is 7.31. The second-order valence-electron chi connectivity index (χ2n) is 3.68. The Morgan fingerprint density at radius 2 is 2.27 bits per heavy atom. The molecular weight excluding hydrogens is 252 g/mol. The van der Waals surface area contributed by atoms with Gasteiger partial charge in [-0.1, -0.05) is 19.1 Å². The Labute approximate surface area is 98.2 Å². The predicted molar refractivity (Wildman–Crippen MR) is 68.0 cm³/mol. The Hall–Kier alpha value is -0.800. The standard InChI is InChI=1S/C12H15BrN2/c1-2-6-14-8-10-7-9-4-3-5-11(13)12(9)15-10/h3-5,7,14-15H,2,6,8H2,1H3. The smallest absolute Gasteiger partial charge is 0.0600 e. The topological polar surface area (TPSA) is 27.8 Å². The average molecular weight is 267 g/mol. The van der Waals surface area contributed by atoms with E-state index in [1.54, 1.807) is 0 Å². The summed E-state index contributed by atoms with van der Waals surface area (Å²) in [6.07, 6.45) is 1.17. The maximum atomic E-state index is 3.54. The zero-order chi connectivity index (χ0) is 10.7. The lowest BCUT2D eigenvalue weighted by Gasteiger charge is -1.99. The highest BCUT2D eigenvalue weighted by Gasteiger charge is 2.02. The molecule has 80 valence electrons. The molecular formula is C12H15BrN2. The van der Waals surface area contributed by atoms with Crippen molar-refractivity contribution in [3.8, 4) is 0 Å². The molecule has 0 aliphatic heterocycles. The van der Waals surface area contributed by atoms with Crippen molar-refractivity contribution in [3.05, 3.63) is 34.4 Å². The highest BCUT2D eigenvalue weighted by molar-refractivity contribution is 9.10. The largest absolute Gasteiger partial charge is 0.356 e. The second-order valence-corrected chi connectivity index (χ2v) is 4.53. The monoisotopic (exact) mass is 266 g/mol. The van der Waals surface area contributed by atoms with Crippen molar-refractivity contribution >= 4 is 26.8 Å². The van der Waals surface area contributed by atoms with Crippen molar-refractivity contribution in [2.24, 2.45) is 0 Å². The molecule has 0 saturated heterocycles. The van der Waals surface area contributed by atoms with Gasteiger partial charge in [-0.3, -0.25) is 0 Å². The molecule has 0 atom stereocenters. The molecule has 0 radical (unpaired) electrons. The number of benzene rings is 1. The Kier molecular flexibility index (Phi) is 3.44. The maximum absolute atomic E-state index is 3.54. The van der Waals surface area contributed by atoms with E-state index >= 15 is 0 Å². The summed E-state index contributed by atoms with van der Waals surface area (Å²) in [5.41, 5.74) is 2.43. The molecule has 0 amide bonds. The van der Waals surface area contributed by atoms with Crippen LogP contribution >= 0.6 is 15.9 Å². The van der Waals surface area contributed by atoms with Gasteiger partial charge in [0.15, 0.2) is 0 Å². The number of nitrogens with one attached hydrogen (secondary N) is 2. The van der Waals surface area contributed by atoms with E-state index in [0.29, 0.717) is 0 Å². The number of halogens is 1. The molecule has 3 heteroatoms. The van der Waals surface area contributed by atoms with Crippen LogP contribution in [0, 0.1) is 0 Å². The Morgan fingerprint density at radius 1 is 1.40 bits per heavy atom. The van der Waals surface area contributed by atoms with Gasteiger partial charge in [-0.05, 0) is 41.0 Å². The third-order valence-electron chi connectivity index (χ3n) is 2.40. The van der Waals surface area contributed by atoms with Crippen LogP contribution in [0.4, 0.5) is 0 Å². The van der Waals surface area contributed by atoms with Crippen LogP contribution in [-0.4, -0.2) is 11.5 Å². The van der Waals surface area contributed by atoms with E-state index < -0.39 is 0 Å². The maximum Gasteiger partial charge on any atom is 0.0600 e. The van der Waals surface area contributed by atoms with Crippen LogP contribution < -0.4 is 5.32 Å². The molecule has 0 unspecified atom stereocenters. The van der Waals surface area contributed by atoms with Gasteiger partial charge in [-0.15, -0.1) is 0 Å². The number of hydrogen-bond acceptors (Lipinski definition) is 1. The van der Waals surface area contributed by atoms with Crippen LogP contribution in [0.1, 0.15) is 19.0 Å². The summed E-state index contributed by atoms with van der Waals surface area (Å²) in [7, 11) is 0. The zero-order valence-corrected chi connectivity index (χ0v) is 10.4. The molecule has 0 fully saturated rings. The Bertz CT molecular complexity index is 448. The van der Waals surface area contributed by atoms with E-state index in [1.165, 1.54) is 23.0 Å². The van der Waals surface area contributed by atoms with Crippen molar-refractivity contribution in [1.29, 1.82) is 0 Å². The number of rotatable bonds is 4. The molecule has 1 aromatic heterocycles. The summed E-state index contributed by atoms with van der Waals surface area (Å²) in [6, 6.07) is 8.44. The minimum Gasteiger partial charge on any atom is -0.356 e. The summed E-state index contributed by atoms with van der Waals surface area (Å²) in [5, 5.41) is 4.65. The van der Waals surface area contributed by atoms with E-state index in [-0.39, 0.29) is 0 Å². The lowest BCUT2D eigenvalue weighted by Crippen LogP contribution is -2.13. The van der Waals surface area contributed by atoms with Crippen molar-refractivity contribution in [2.75, 3.05) is 6.54 Å². The van der Waals surface area contributed by atoms with Gasteiger partial charge in [0.05, 0.1) is 5.52 Å². The van der Waals surface area contributed by atoms with Gasteiger partial charge < -0.3 is 10.3 Å². The van der Waals surface area contributed by atoms with Crippen LogP contribution in [0.15, 0.2) is 28.7 Å². The Morgan fingerprint density at radius 3 is 3.00 bits per heavy atom. The number of hydrogen-bond donors (Lipinski definition) is 2. The number of aromatic amines is 1. The summed E-state index contributed by atoms with van der Waals surface area (Å²) in [5.74, 6) is 0. The SMILES string of the molecule is CCCNCc1cc2cccc(Br)c2[nH]1. The van der Waals surface area contributed by atoms with E-state index in [0.717, 1.165) is 17.6 Å². The van der Waals surface area contributed by atoms with Crippen LogP contribution in [0.2, 0.25) is 0 Å². The number of aromatic nitrogens is 1. The fourth-order valence-corrected chi connectivity index (χ4v) is 2.15. The first kappa shape index (κ1) is 10.7. The van der Waals surface area contributed by atoms with Gasteiger partial charge in [0, 0.05) is 22.1 Å². The fourth-order valence-electron chi connectivity index (χ4n) is 1.67. The van der Waals surface area contributed by atoms with Gasteiger partial charge in [0.1, 0.15) is 0 Å². The van der Waals surface area contributed by atoms with Crippen molar-refractivity contribution < 1.29 is 0 Å². The second kappa shape index (κ2) is 4.81. The lowest BCUT2D eigenvalue weighted by molar-refractivity contribution is 0.667. The van der Waals surface area contributed by atoms with Gasteiger partial charge in [-0.2, -0.15) is 0 Å². The summed E-state index contributed by atoms with van der Waals surface area (Å²) in [4.78, 5) is 3.41. The lowest BCUT2D eigenvalue weighted by atomic mass is 10.2. The summed E-state index contributed by atoms with van der Waals surface area (Å²) < 4.78 is 1.13. The van der Waals surface area contributed by atoms with E-state index in [2.05, 4.69) is 57.4 Å². The molecule has 0 saturated carbocycles. The first-order valence-corrected chi connectivity index (χ1v) is 6.07. The molecule has 0 aliphatic rings. The number of fused-ring (bicyclic) bond motifs is 1. The minimum atomic E-state index is 0.912. The van der Waals surface area contributed by atoms with Crippen LogP contribution in [0.25, 0.3) is 10.9 Å². The highest BCUT2D eigenvalue weighted by atomic mass is 79.9. The van der Waals surface area contributed by atoms with Crippen LogP contribution in [0.5, 0.6) is 0 Å². The van der Waals surface area contributed by atoms with E-state index in [1.807, 2.05) is 0 Å². The molecule has 0 bridgehead atoms. The summed E-state index contributed by atoms with van der Waals surface area (Å²) >= 11 is 3.54. The zero-order valence-electron chi connectivity index (χ0n) is 8.81. The third kappa shape index (κ3) is 2.41. The number of para-hydroxylation sites is 1. The highest BCUT2D eigenvalue weighted by Crippen LogP contribution is 2.23. The van der Waals surface area contributed by atoms with Crippen LogP contribution in [0.3, 0.4) is 0 Å². The van der Waals surface area contributed by atoms with Crippen molar-refractivity contribution in [3.63, 3.8) is 0 Å². The minimum absolute atomic E-state index is 0.912. The van der Waals surface area contributed by atoms with E-state index in [9.17, 15) is 0 Å². The molecule has 0 aliphatic carbocycles. The summed E-state index contributed by atoms with van der Waals surface area (Å²) in [6.45, 7) is 4.15. The fraction of sp³-hybridized carbons (Fsp3) is 0.333. The molecule has 2 N–H and O–H groups in total. The molecule has 1 aromatic carbocycles. The quantitative estimate of drug-likeness (QED) is 0.816. The molecule has 2 aromatic rings. The molecule has 15 heavy (non-hydrogen) atoms. The number of H-pyrrole nitrogens is 1. The van der Waals surface area contributed by atoms with Gasteiger partial charge in [0.2, 0.25) is 0 Å². The van der Waals surface area contributed by atoms with Crippen molar-refractivity contribution in [1.82, 2.24) is 10.3 Å². The molecule has 2 rings (SSSR count). The molecule has 1 heterocycles. The van der Waals surface area contributed by atoms with E-state index in [4.69, 9.17) is 0 Å². The van der Waals surface area contributed by atoms with Gasteiger partial charge in [-0.25, -0.2) is 0 Å². The average Bonchev–Trinajstić information content (AvgIpc) is 2.63. The van der Waals surface area contributed by atoms with Gasteiger partial charge >= 0.3 is 0 Å². The van der Waals surface area contributed by atoms with Gasteiger partial charge in [0.25, 0.3) is 0 Å². The third-order valence-corrected chi connectivity index (χ3v) is 3.06. The first-order valence-electron chi connectivity index (χ1n) is 5.28. The molecule has 0 spiro atoms. The molecule has 2 nitrogen and oxygen atoms in total.